The summed E-state index contributed by atoms with van der Waals surface area (Å²) in [7, 11) is 0. The Morgan fingerprint density at radius 2 is 2.00 bits per heavy atom. The van der Waals surface area contributed by atoms with Crippen molar-refractivity contribution in [2.45, 2.75) is 45.7 Å². The number of rotatable bonds is 6. The fraction of sp³-hybridized carbons (Fsp3) is 0.556. The molecule has 2 N–H and O–H groups in total. The molecule has 0 spiro atoms. The van der Waals surface area contributed by atoms with Crippen LogP contribution in [0, 0.1) is 18.7 Å². The van der Waals surface area contributed by atoms with E-state index < -0.39 is 12.0 Å². The predicted molar refractivity (Wildman–Crippen MR) is 96.2 cm³/mol. The van der Waals surface area contributed by atoms with Gasteiger partial charge in [-0.05, 0) is 56.5 Å². The summed E-state index contributed by atoms with van der Waals surface area (Å²) in [4.78, 5) is 25.4. The molecule has 1 fully saturated rings. The molecule has 1 heterocycles. The third-order valence-corrected chi connectivity index (χ3v) is 4.72. The Bertz CT molecular complexity index is 604. The van der Waals surface area contributed by atoms with Crippen LogP contribution in [0.1, 0.15) is 37.3 Å². The molecule has 0 aliphatic carbocycles. The van der Waals surface area contributed by atoms with Crippen molar-refractivity contribution in [3.63, 3.8) is 0 Å². The van der Waals surface area contributed by atoms with E-state index in [1.165, 1.54) is 6.07 Å². The van der Waals surface area contributed by atoms with Crippen LogP contribution in [-0.4, -0.2) is 41.0 Å². The molecule has 1 aromatic rings. The smallest absolute Gasteiger partial charge is 0.320 e. The van der Waals surface area contributed by atoms with Gasteiger partial charge in [-0.25, -0.2) is 4.39 Å². The van der Waals surface area contributed by atoms with E-state index in [1.54, 1.807) is 19.1 Å². The fourth-order valence-corrected chi connectivity index (χ4v) is 3.14. The number of carboxylic acid groups (broad SMARTS) is 1. The molecule has 0 bridgehead atoms. The zero-order valence-corrected chi connectivity index (χ0v) is 15.4. The summed E-state index contributed by atoms with van der Waals surface area (Å²) in [5, 5.41) is 12.1. The van der Waals surface area contributed by atoms with Gasteiger partial charge in [-0.1, -0.05) is 19.1 Å². The summed E-state index contributed by atoms with van der Waals surface area (Å²) < 4.78 is 13.5. The maximum Gasteiger partial charge on any atom is 0.320 e. The minimum absolute atomic E-state index is 0. The van der Waals surface area contributed by atoms with Gasteiger partial charge in [-0.3, -0.25) is 14.5 Å². The highest BCUT2D eigenvalue weighted by Gasteiger charge is 2.30. The maximum atomic E-state index is 13.5. The van der Waals surface area contributed by atoms with Gasteiger partial charge in [0.25, 0.3) is 0 Å². The Balaban J connectivity index is 0.00000312. The third-order valence-electron chi connectivity index (χ3n) is 4.72. The number of amides is 1. The average Bonchev–Trinajstić information content (AvgIpc) is 2.56. The number of nitrogens with zero attached hydrogens (tertiary/aromatic N) is 1. The van der Waals surface area contributed by atoms with Gasteiger partial charge in [0.1, 0.15) is 11.9 Å². The topological polar surface area (TPSA) is 69.6 Å². The molecular weight excluding hydrogens is 347 g/mol. The first-order valence-electron chi connectivity index (χ1n) is 8.42. The molecule has 5 nitrogen and oxygen atoms in total. The molecule has 2 rings (SSSR count). The van der Waals surface area contributed by atoms with Crippen LogP contribution in [-0.2, 0) is 16.1 Å². The van der Waals surface area contributed by atoms with Crippen molar-refractivity contribution in [1.82, 2.24) is 10.2 Å². The predicted octanol–water partition coefficient (Wildman–Crippen LogP) is 2.75. The second-order valence-corrected chi connectivity index (χ2v) is 6.37. The van der Waals surface area contributed by atoms with Crippen LogP contribution in [0.5, 0.6) is 0 Å². The number of likely N-dealkylation sites (tertiary alicyclic amines) is 1. The Labute approximate surface area is 154 Å². The van der Waals surface area contributed by atoms with Crippen LogP contribution >= 0.6 is 12.4 Å². The second kappa shape index (κ2) is 9.73. The number of aliphatic carboxylic acids is 1. The summed E-state index contributed by atoms with van der Waals surface area (Å²) in [5.41, 5.74) is 1.32. The first-order chi connectivity index (χ1) is 11.4. The van der Waals surface area contributed by atoms with Gasteiger partial charge < -0.3 is 10.4 Å². The van der Waals surface area contributed by atoms with Gasteiger partial charge in [-0.2, -0.15) is 0 Å². The van der Waals surface area contributed by atoms with Crippen molar-refractivity contribution in [3.8, 4) is 0 Å². The highest BCUT2D eigenvalue weighted by Crippen LogP contribution is 2.20. The Morgan fingerprint density at radius 1 is 1.36 bits per heavy atom. The number of nitrogens with one attached hydrogen (secondary N) is 1. The van der Waals surface area contributed by atoms with Gasteiger partial charge in [0.2, 0.25) is 5.91 Å². The monoisotopic (exact) mass is 372 g/mol. The molecule has 1 amide bonds. The molecule has 140 valence electrons. The van der Waals surface area contributed by atoms with E-state index >= 15 is 0 Å². The van der Waals surface area contributed by atoms with E-state index in [1.807, 2.05) is 11.8 Å². The lowest BCUT2D eigenvalue weighted by Crippen LogP contribution is -2.47. The van der Waals surface area contributed by atoms with Crippen LogP contribution in [0.15, 0.2) is 18.2 Å². The summed E-state index contributed by atoms with van der Waals surface area (Å²) in [6.45, 7) is 5.09. The lowest BCUT2D eigenvalue weighted by molar-refractivity contribution is -0.144. The van der Waals surface area contributed by atoms with Crippen LogP contribution in [0.3, 0.4) is 0 Å². The van der Waals surface area contributed by atoms with Crippen molar-refractivity contribution in [1.29, 1.82) is 0 Å². The summed E-state index contributed by atoms with van der Waals surface area (Å²) in [6.07, 6.45) is 1.86. The van der Waals surface area contributed by atoms with Crippen LogP contribution < -0.4 is 5.32 Å². The zero-order chi connectivity index (χ0) is 17.7. The van der Waals surface area contributed by atoms with Gasteiger partial charge in [0.15, 0.2) is 0 Å². The van der Waals surface area contributed by atoms with Crippen molar-refractivity contribution in [3.05, 3.63) is 35.1 Å². The summed E-state index contributed by atoms with van der Waals surface area (Å²) in [6, 6.07) is 4.48. The van der Waals surface area contributed by atoms with Crippen molar-refractivity contribution < 1.29 is 19.1 Å². The van der Waals surface area contributed by atoms with Gasteiger partial charge in [0, 0.05) is 12.5 Å². The van der Waals surface area contributed by atoms with E-state index in [0.29, 0.717) is 44.5 Å². The minimum atomic E-state index is -0.804. The molecule has 1 unspecified atom stereocenters. The fourth-order valence-electron chi connectivity index (χ4n) is 3.14. The van der Waals surface area contributed by atoms with Crippen molar-refractivity contribution in [2.75, 3.05) is 13.1 Å². The second-order valence-electron chi connectivity index (χ2n) is 6.37. The number of aryl methyl sites for hydroxylation is 1. The number of carbonyl (C=O) groups excluding carboxylic acids is 1. The molecule has 1 aliphatic heterocycles. The van der Waals surface area contributed by atoms with Gasteiger partial charge >= 0.3 is 5.97 Å². The number of hydrogen-bond donors (Lipinski definition) is 2. The molecule has 1 aliphatic rings. The highest BCUT2D eigenvalue weighted by atomic mass is 35.5. The quantitative estimate of drug-likeness (QED) is 0.805. The van der Waals surface area contributed by atoms with Gasteiger partial charge in [0.05, 0.1) is 0 Å². The summed E-state index contributed by atoms with van der Waals surface area (Å²) >= 11 is 0. The number of benzene rings is 1. The van der Waals surface area contributed by atoms with Crippen molar-refractivity contribution in [2.24, 2.45) is 5.92 Å². The minimum Gasteiger partial charge on any atom is -0.480 e. The van der Waals surface area contributed by atoms with E-state index in [-0.39, 0.29) is 30.0 Å². The van der Waals surface area contributed by atoms with Crippen LogP contribution in [0.4, 0.5) is 4.39 Å². The normalized spacial score (nSPS) is 16.8. The summed E-state index contributed by atoms with van der Waals surface area (Å²) in [5.74, 6) is -1.22. The number of hydrogen-bond acceptors (Lipinski definition) is 3. The Kier molecular flexibility index (Phi) is 8.32. The average molecular weight is 373 g/mol. The van der Waals surface area contributed by atoms with E-state index in [2.05, 4.69) is 5.32 Å². The molecule has 1 saturated heterocycles. The van der Waals surface area contributed by atoms with E-state index in [4.69, 9.17) is 0 Å². The number of carbonyl (C=O) groups is 2. The first-order valence-corrected chi connectivity index (χ1v) is 8.42. The molecule has 1 atom stereocenters. The SMILES string of the molecule is CCC(C(=O)O)N1CCC(C(=O)NCc2ccc(C)c(F)c2)CC1.Cl. The van der Waals surface area contributed by atoms with Crippen molar-refractivity contribution >= 4 is 24.3 Å². The molecule has 1 aromatic carbocycles. The zero-order valence-electron chi connectivity index (χ0n) is 14.6. The maximum absolute atomic E-state index is 13.5. The molecular formula is C18H26ClFN2O3. The standard InChI is InChI=1S/C18H25FN2O3.ClH/c1-3-16(18(23)24)21-8-6-14(7-9-21)17(22)20-11-13-5-4-12(2)15(19)10-13;/h4-5,10,14,16H,3,6-9,11H2,1-2H3,(H,20,22)(H,23,24);1H. The van der Waals surface area contributed by atoms with Crippen LogP contribution in [0.2, 0.25) is 0 Å². The van der Waals surface area contributed by atoms with E-state index in [0.717, 1.165) is 5.56 Å². The number of piperidine rings is 1. The Morgan fingerprint density at radius 3 is 2.52 bits per heavy atom. The Hall–Kier alpha value is -1.66. The molecule has 0 radical (unpaired) electrons. The number of carboxylic acids is 1. The molecule has 0 aromatic heterocycles. The first kappa shape index (κ1) is 21.4. The van der Waals surface area contributed by atoms with Gasteiger partial charge in [-0.15, -0.1) is 12.4 Å². The lowest BCUT2D eigenvalue weighted by atomic mass is 9.94. The highest BCUT2D eigenvalue weighted by molar-refractivity contribution is 5.85. The third kappa shape index (κ3) is 5.68. The largest absolute Gasteiger partial charge is 0.480 e. The molecule has 7 heteroatoms. The lowest BCUT2D eigenvalue weighted by Gasteiger charge is -2.34. The molecule has 25 heavy (non-hydrogen) atoms. The molecule has 0 saturated carbocycles. The van der Waals surface area contributed by atoms with Crippen LogP contribution in [0.25, 0.3) is 0 Å². The van der Waals surface area contributed by atoms with E-state index in [9.17, 15) is 19.1 Å². The number of halogens is 2.